The van der Waals surface area contributed by atoms with Crippen molar-refractivity contribution in [2.75, 3.05) is 18.0 Å². The fraction of sp³-hybridized carbons (Fsp3) is 0.455. The summed E-state index contributed by atoms with van der Waals surface area (Å²) in [6.45, 7) is 2.19. The van der Waals surface area contributed by atoms with Gasteiger partial charge in [0.25, 0.3) is 0 Å². The average molecular weight is 223 g/mol. The van der Waals surface area contributed by atoms with E-state index in [1.54, 1.807) is 6.07 Å². The van der Waals surface area contributed by atoms with Gasteiger partial charge in [0.2, 0.25) is 0 Å². The summed E-state index contributed by atoms with van der Waals surface area (Å²) in [5, 5.41) is 0.305. The average Bonchev–Trinajstić information content (AvgIpc) is 2.95. The molecular weight excluding hydrogens is 212 g/mol. The van der Waals surface area contributed by atoms with Crippen molar-refractivity contribution in [1.29, 1.82) is 0 Å². The van der Waals surface area contributed by atoms with Crippen LogP contribution in [0.25, 0.3) is 0 Å². The van der Waals surface area contributed by atoms with Gasteiger partial charge in [-0.15, -0.1) is 0 Å². The van der Waals surface area contributed by atoms with Crippen LogP contribution in [0.4, 0.5) is 5.82 Å². The zero-order valence-corrected chi connectivity index (χ0v) is 9.00. The van der Waals surface area contributed by atoms with Gasteiger partial charge in [0.05, 0.1) is 5.56 Å². The van der Waals surface area contributed by atoms with E-state index in [2.05, 4.69) is 9.88 Å². The van der Waals surface area contributed by atoms with Crippen molar-refractivity contribution in [3.63, 3.8) is 0 Å². The predicted octanol–water partition coefficient (Wildman–Crippen LogP) is 2.15. The van der Waals surface area contributed by atoms with Gasteiger partial charge in [-0.1, -0.05) is 11.6 Å². The van der Waals surface area contributed by atoms with E-state index in [1.165, 1.54) is 12.8 Å². The molecule has 1 aromatic heterocycles. The van der Waals surface area contributed by atoms with Crippen LogP contribution in [-0.4, -0.2) is 24.4 Å². The number of aldehydes is 1. The van der Waals surface area contributed by atoms with E-state index in [0.717, 1.165) is 25.2 Å². The SMILES string of the molecule is O=Cc1ccc(N2CC3(CC3)C2)nc1Cl. The van der Waals surface area contributed by atoms with Gasteiger partial charge >= 0.3 is 0 Å². The van der Waals surface area contributed by atoms with Crippen LogP contribution in [0.1, 0.15) is 23.2 Å². The van der Waals surface area contributed by atoms with E-state index in [0.29, 0.717) is 16.1 Å². The molecule has 2 fully saturated rings. The van der Waals surface area contributed by atoms with Gasteiger partial charge in [0.15, 0.2) is 6.29 Å². The Bertz CT molecular complexity index is 421. The molecule has 0 amide bonds. The lowest BCUT2D eigenvalue weighted by molar-refractivity contribution is 0.112. The molecule has 3 rings (SSSR count). The fourth-order valence-electron chi connectivity index (χ4n) is 2.12. The van der Waals surface area contributed by atoms with Crippen LogP contribution in [-0.2, 0) is 0 Å². The highest BCUT2D eigenvalue weighted by atomic mass is 35.5. The Morgan fingerprint density at radius 2 is 2.13 bits per heavy atom. The van der Waals surface area contributed by atoms with E-state index in [-0.39, 0.29) is 0 Å². The minimum absolute atomic E-state index is 0.305. The van der Waals surface area contributed by atoms with Crippen LogP contribution < -0.4 is 4.90 Å². The molecule has 3 nitrogen and oxygen atoms in total. The number of carbonyl (C=O) groups excluding carboxylic acids is 1. The largest absolute Gasteiger partial charge is 0.355 e. The van der Waals surface area contributed by atoms with Crippen LogP contribution in [0.15, 0.2) is 12.1 Å². The standard InChI is InChI=1S/C11H11ClN2O/c12-10-8(5-15)1-2-9(13-10)14-6-11(7-14)3-4-11/h1-2,5H,3-4,6-7H2. The molecule has 1 aliphatic carbocycles. The van der Waals surface area contributed by atoms with Gasteiger partial charge in [0, 0.05) is 18.5 Å². The lowest BCUT2D eigenvalue weighted by Crippen LogP contribution is -2.48. The van der Waals surface area contributed by atoms with Gasteiger partial charge in [-0.3, -0.25) is 4.79 Å². The third kappa shape index (κ3) is 1.42. The maximum atomic E-state index is 10.6. The summed E-state index contributed by atoms with van der Waals surface area (Å²) in [7, 11) is 0. The number of pyridine rings is 1. The number of aromatic nitrogens is 1. The van der Waals surface area contributed by atoms with E-state index < -0.39 is 0 Å². The van der Waals surface area contributed by atoms with Crippen molar-refractivity contribution in [2.24, 2.45) is 5.41 Å². The van der Waals surface area contributed by atoms with Crippen molar-refractivity contribution in [3.05, 3.63) is 22.8 Å². The molecule has 2 heterocycles. The summed E-state index contributed by atoms with van der Waals surface area (Å²) in [5.41, 5.74) is 1.07. The monoisotopic (exact) mass is 222 g/mol. The van der Waals surface area contributed by atoms with Crippen LogP contribution >= 0.6 is 11.6 Å². The highest BCUT2D eigenvalue weighted by Gasteiger charge is 2.52. The summed E-state index contributed by atoms with van der Waals surface area (Å²) in [5.74, 6) is 0.892. The maximum absolute atomic E-state index is 10.6. The van der Waals surface area contributed by atoms with Crippen molar-refractivity contribution in [2.45, 2.75) is 12.8 Å². The predicted molar refractivity (Wildman–Crippen MR) is 58.5 cm³/mol. The molecule has 1 aliphatic heterocycles. The molecule has 0 bridgehead atoms. The third-order valence-electron chi connectivity index (χ3n) is 3.32. The van der Waals surface area contributed by atoms with Crippen molar-refractivity contribution in [3.8, 4) is 0 Å². The first-order valence-electron chi connectivity index (χ1n) is 5.09. The maximum Gasteiger partial charge on any atom is 0.153 e. The molecule has 15 heavy (non-hydrogen) atoms. The van der Waals surface area contributed by atoms with Gasteiger partial charge in [-0.05, 0) is 25.0 Å². The third-order valence-corrected chi connectivity index (χ3v) is 3.63. The molecule has 2 aliphatic rings. The lowest BCUT2D eigenvalue weighted by atomic mass is 9.97. The van der Waals surface area contributed by atoms with Gasteiger partial charge in [-0.2, -0.15) is 0 Å². The number of carbonyl (C=O) groups is 1. The van der Waals surface area contributed by atoms with Crippen LogP contribution in [0, 0.1) is 5.41 Å². The van der Waals surface area contributed by atoms with Crippen molar-refractivity contribution >= 4 is 23.7 Å². The Kier molecular flexibility index (Phi) is 1.80. The van der Waals surface area contributed by atoms with Gasteiger partial charge in [-0.25, -0.2) is 4.98 Å². The second-order valence-electron chi connectivity index (χ2n) is 4.52. The molecule has 1 spiro atoms. The van der Waals surface area contributed by atoms with Crippen molar-refractivity contribution in [1.82, 2.24) is 4.98 Å². The number of hydrogen-bond donors (Lipinski definition) is 0. The molecule has 1 saturated carbocycles. The molecule has 0 N–H and O–H groups in total. The summed E-state index contributed by atoms with van der Waals surface area (Å²) >= 11 is 5.87. The summed E-state index contributed by atoms with van der Waals surface area (Å²) < 4.78 is 0. The number of halogens is 1. The van der Waals surface area contributed by atoms with E-state index >= 15 is 0 Å². The molecule has 1 saturated heterocycles. The number of anilines is 1. The Morgan fingerprint density at radius 1 is 1.40 bits per heavy atom. The number of hydrogen-bond acceptors (Lipinski definition) is 3. The Morgan fingerprint density at radius 3 is 2.67 bits per heavy atom. The molecule has 78 valence electrons. The molecule has 0 atom stereocenters. The van der Waals surface area contributed by atoms with Crippen LogP contribution in [0.2, 0.25) is 5.15 Å². The van der Waals surface area contributed by atoms with Gasteiger partial charge < -0.3 is 4.90 Å². The fourth-order valence-corrected chi connectivity index (χ4v) is 2.31. The normalized spacial score (nSPS) is 21.3. The second-order valence-corrected chi connectivity index (χ2v) is 4.88. The van der Waals surface area contributed by atoms with Crippen molar-refractivity contribution < 1.29 is 4.79 Å². The summed E-state index contributed by atoms with van der Waals surface area (Å²) in [6.07, 6.45) is 3.44. The molecule has 0 radical (unpaired) electrons. The zero-order valence-electron chi connectivity index (χ0n) is 8.24. The Hall–Kier alpha value is -1.09. The topological polar surface area (TPSA) is 33.2 Å². The highest BCUT2D eigenvalue weighted by Crippen LogP contribution is 2.53. The minimum Gasteiger partial charge on any atom is -0.355 e. The second kappa shape index (κ2) is 2.95. The van der Waals surface area contributed by atoms with Gasteiger partial charge in [0.1, 0.15) is 11.0 Å². The zero-order chi connectivity index (χ0) is 10.5. The van der Waals surface area contributed by atoms with E-state index in [1.807, 2.05) is 6.07 Å². The summed E-state index contributed by atoms with van der Waals surface area (Å²) in [4.78, 5) is 17.0. The first kappa shape index (κ1) is 9.16. The first-order chi connectivity index (χ1) is 7.22. The smallest absolute Gasteiger partial charge is 0.153 e. The van der Waals surface area contributed by atoms with E-state index in [9.17, 15) is 4.79 Å². The summed E-state index contributed by atoms with van der Waals surface area (Å²) in [6, 6.07) is 3.60. The van der Waals surface area contributed by atoms with Crippen LogP contribution in [0.3, 0.4) is 0 Å². The molecule has 0 unspecified atom stereocenters. The Labute approximate surface area is 93.1 Å². The molecule has 4 heteroatoms. The molecular formula is C11H11ClN2O. The lowest BCUT2D eigenvalue weighted by Gasteiger charge is -2.40. The molecule has 0 aromatic carbocycles. The minimum atomic E-state index is 0.305. The first-order valence-corrected chi connectivity index (χ1v) is 5.47. The van der Waals surface area contributed by atoms with Crippen LogP contribution in [0.5, 0.6) is 0 Å². The molecule has 1 aromatic rings. The quantitative estimate of drug-likeness (QED) is 0.568. The number of nitrogens with zero attached hydrogens (tertiary/aromatic N) is 2. The highest BCUT2D eigenvalue weighted by molar-refractivity contribution is 6.31. The Balaban J connectivity index is 1.81. The number of rotatable bonds is 2. The van der Waals surface area contributed by atoms with E-state index in [4.69, 9.17) is 11.6 Å².